The second-order valence-electron chi connectivity index (χ2n) is 6.23. The predicted octanol–water partition coefficient (Wildman–Crippen LogP) is 3.72. The van der Waals surface area contributed by atoms with Gasteiger partial charge in [0.15, 0.2) is 0 Å². The van der Waals surface area contributed by atoms with Gasteiger partial charge in [-0.15, -0.1) is 0 Å². The zero-order chi connectivity index (χ0) is 22.6. The SMILES string of the molecule is CCOC(=O)c1ccccc1OC(=O)CCCC(=O)Oc1ccccc1C(=O)OCC. The Bertz CT molecular complexity index is 859. The van der Waals surface area contributed by atoms with Gasteiger partial charge in [0.2, 0.25) is 0 Å². The Hall–Kier alpha value is -3.68. The lowest BCUT2D eigenvalue weighted by molar-refractivity contribution is -0.136. The van der Waals surface area contributed by atoms with Crippen LogP contribution in [0.15, 0.2) is 48.5 Å². The fourth-order valence-corrected chi connectivity index (χ4v) is 2.59. The van der Waals surface area contributed by atoms with Gasteiger partial charge in [0.1, 0.15) is 22.6 Å². The van der Waals surface area contributed by atoms with E-state index in [1.165, 1.54) is 24.3 Å². The molecule has 0 aliphatic rings. The highest BCUT2D eigenvalue weighted by Gasteiger charge is 2.18. The smallest absolute Gasteiger partial charge is 0.341 e. The summed E-state index contributed by atoms with van der Waals surface area (Å²) >= 11 is 0. The van der Waals surface area contributed by atoms with Gasteiger partial charge in [0.05, 0.1) is 13.2 Å². The summed E-state index contributed by atoms with van der Waals surface area (Å²) in [6, 6.07) is 12.5. The largest absolute Gasteiger partial charge is 0.462 e. The molecule has 0 amide bonds. The van der Waals surface area contributed by atoms with Crippen LogP contribution in [0.4, 0.5) is 0 Å². The van der Waals surface area contributed by atoms with Crippen LogP contribution >= 0.6 is 0 Å². The fourth-order valence-electron chi connectivity index (χ4n) is 2.59. The van der Waals surface area contributed by atoms with Gasteiger partial charge in [0.25, 0.3) is 0 Å². The van der Waals surface area contributed by atoms with Gasteiger partial charge >= 0.3 is 23.9 Å². The topological polar surface area (TPSA) is 105 Å². The van der Waals surface area contributed by atoms with Gasteiger partial charge in [-0.1, -0.05) is 24.3 Å². The van der Waals surface area contributed by atoms with Gasteiger partial charge in [-0.05, 0) is 44.5 Å². The van der Waals surface area contributed by atoms with Crippen LogP contribution in [0.25, 0.3) is 0 Å². The van der Waals surface area contributed by atoms with Crippen molar-refractivity contribution >= 4 is 23.9 Å². The van der Waals surface area contributed by atoms with Crippen molar-refractivity contribution in [1.82, 2.24) is 0 Å². The van der Waals surface area contributed by atoms with Crippen LogP contribution < -0.4 is 9.47 Å². The molecule has 0 bridgehead atoms. The highest BCUT2D eigenvalue weighted by molar-refractivity contribution is 5.94. The third-order valence-electron chi connectivity index (χ3n) is 3.97. The maximum atomic E-state index is 12.1. The van der Waals surface area contributed by atoms with Crippen LogP contribution in [0.5, 0.6) is 11.5 Å². The molecular formula is C23H24O8. The van der Waals surface area contributed by atoms with Gasteiger partial charge in [-0.25, -0.2) is 9.59 Å². The van der Waals surface area contributed by atoms with Gasteiger partial charge in [-0.2, -0.15) is 0 Å². The van der Waals surface area contributed by atoms with Crippen LogP contribution in [-0.4, -0.2) is 37.1 Å². The van der Waals surface area contributed by atoms with Crippen molar-refractivity contribution in [3.63, 3.8) is 0 Å². The van der Waals surface area contributed by atoms with Crippen molar-refractivity contribution in [2.45, 2.75) is 33.1 Å². The molecule has 0 radical (unpaired) electrons. The Balaban J connectivity index is 1.87. The van der Waals surface area contributed by atoms with Crippen LogP contribution in [0.2, 0.25) is 0 Å². The van der Waals surface area contributed by atoms with Crippen LogP contribution in [0.1, 0.15) is 53.8 Å². The molecule has 0 unspecified atom stereocenters. The Morgan fingerprint density at radius 2 is 1.03 bits per heavy atom. The number of hydrogen-bond acceptors (Lipinski definition) is 8. The van der Waals surface area contributed by atoms with Crippen molar-refractivity contribution in [1.29, 1.82) is 0 Å². The molecule has 0 saturated carbocycles. The van der Waals surface area contributed by atoms with E-state index in [2.05, 4.69) is 0 Å². The standard InChI is InChI=1S/C23H24O8/c1-3-28-22(26)16-10-5-7-12-18(16)30-20(24)14-9-15-21(25)31-19-13-8-6-11-17(19)23(27)29-4-2/h5-8,10-13H,3-4,9,14-15H2,1-2H3. The number of rotatable bonds is 10. The molecule has 0 saturated heterocycles. The quantitative estimate of drug-likeness (QED) is 0.416. The number of para-hydroxylation sites is 2. The minimum atomic E-state index is -0.600. The number of benzene rings is 2. The van der Waals surface area contributed by atoms with Gasteiger partial charge < -0.3 is 18.9 Å². The molecular weight excluding hydrogens is 404 g/mol. The van der Waals surface area contributed by atoms with Crippen molar-refractivity contribution < 1.29 is 38.1 Å². The molecule has 0 aliphatic carbocycles. The first-order valence-corrected chi connectivity index (χ1v) is 9.89. The van der Waals surface area contributed by atoms with E-state index < -0.39 is 23.9 Å². The number of carbonyl (C=O) groups excluding carboxylic acids is 4. The molecule has 0 aliphatic heterocycles. The zero-order valence-electron chi connectivity index (χ0n) is 17.4. The minimum absolute atomic E-state index is 0.0637. The van der Waals surface area contributed by atoms with Gasteiger partial charge in [0, 0.05) is 12.8 Å². The Morgan fingerprint density at radius 1 is 0.645 bits per heavy atom. The maximum Gasteiger partial charge on any atom is 0.341 e. The first kappa shape index (κ1) is 23.6. The van der Waals surface area contributed by atoms with Crippen molar-refractivity contribution in [3.8, 4) is 11.5 Å². The first-order valence-electron chi connectivity index (χ1n) is 9.89. The molecule has 0 fully saturated rings. The molecule has 0 aromatic heterocycles. The van der Waals surface area contributed by atoms with Crippen molar-refractivity contribution in [2.24, 2.45) is 0 Å². The molecule has 2 rings (SSSR count). The second kappa shape index (κ2) is 12.1. The lowest BCUT2D eigenvalue weighted by Gasteiger charge is -2.10. The zero-order valence-corrected chi connectivity index (χ0v) is 17.4. The maximum absolute atomic E-state index is 12.1. The summed E-state index contributed by atoms with van der Waals surface area (Å²) in [6.45, 7) is 3.75. The summed E-state index contributed by atoms with van der Waals surface area (Å²) in [7, 11) is 0. The summed E-state index contributed by atoms with van der Waals surface area (Å²) in [5.41, 5.74) is 0.292. The number of carbonyl (C=O) groups is 4. The molecule has 164 valence electrons. The molecule has 0 heterocycles. The minimum Gasteiger partial charge on any atom is -0.462 e. The molecule has 0 spiro atoms. The van der Waals surface area contributed by atoms with Crippen molar-refractivity contribution in [3.05, 3.63) is 59.7 Å². The van der Waals surface area contributed by atoms with Crippen LogP contribution in [-0.2, 0) is 19.1 Å². The van der Waals surface area contributed by atoms with E-state index in [-0.39, 0.29) is 55.1 Å². The normalized spacial score (nSPS) is 10.1. The van der Waals surface area contributed by atoms with E-state index in [0.29, 0.717) is 0 Å². The summed E-state index contributed by atoms with van der Waals surface area (Å²) in [6.07, 6.45) is 0.0401. The second-order valence-corrected chi connectivity index (χ2v) is 6.23. The number of hydrogen-bond donors (Lipinski definition) is 0. The Labute approximate surface area is 180 Å². The molecule has 31 heavy (non-hydrogen) atoms. The lowest BCUT2D eigenvalue weighted by atomic mass is 10.2. The molecule has 2 aromatic rings. The summed E-state index contributed by atoms with van der Waals surface area (Å²) in [4.78, 5) is 48.1. The van der Waals surface area contributed by atoms with E-state index in [4.69, 9.17) is 18.9 Å². The third kappa shape index (κ3) is 7.26. The Kier molecular flexibility index (Phi) is 9.22. The molecule has 8 heteroatoms. The summed E-state index contributed by atoms with van der Waals surface area (Å²) in [5.74, 6) is -2.19. The summed E-state index contributed by atoms with van der Waals surface area (Å²) < 4.78 is 20.3. The third-order valence-corrected chi connectivity index (χ3v) is 3.97. The Morgan fingerprint density at radius 3 is 1.42 bits per heavy atom. The van der Waals surface area contributed by atoms with E-state index in [9.17, 15) is 19.2 Å². The number of ether oxygens (including phenoxy) is 4. The first-order chi connectivity index (χ1) is 15.0. The van der Waals surface area contributed by atoms with E-state index in [1.54, 1.807) is 38.1 Å². The monoisotopic (exact) mass is 428 g/mol. The molecule has 0 atom stereocenters. The number of esters is 4. The van der Waals surface area contributed by atoms with E-state index in [0.717, 1.165) is 0 Å². The average Bonchev–Trinajstić information content (AvgIpc) is 2.74. The highest BCUT2D eigenvalue weighted by Crippen LogP contribution is 2.21. The van der Waals surface area contributed by atoms with Gasteiger partial charge in [-0.3, -0.25) is 9.59 Å². The fraction of sp³-hybridized carbons (Fsp3) is 0.304. The summed E-state index contributed by atoms with van der Waals surface area (Å²) in [5, 5.41) is 0. The molecule has 8 nitrogen and oxygen atoms in total. The van der Waals surface area contributed by atoms with E-state index in [1.807, 2.05) is 0 Å². The highest BCUT2D eigenvalue weighted by atomic mass is 16.6. The predicted molar refractivity (Wildman–Crippen MR) is 110 cm³/mol. The lowest BCUT2D eigenvalue weighted by Crippen LogP contribution is -2.15. The molecule has 0 N–H and O–H groups in total. The van der Waals surface area contributed by atoms with Crippen LogP contribution in [0, 0.1) is 0 Å². The van der Waals surface area contributed by atoms with Crippen molar-refractivity contribution in [2.75, 3.05) is 13.2 Å². The molecule has 2 aromatic carbocycles. The van der Waals surface area contributed by atoms with E-state index >= 15 is 0 Å². The average molecular weight is 428 g/mol. The van der Waals surface area contributed by atoms with Crippen LogP contribution in [0.3, 0.4) is 0 Å².